The van der Waals surface area contributed by atoms with E-state index in [0.717, 1.165) is 18.4 Å². The predicted molar refractivity (Wildman–Crippen MR) is 236 cm³/mol. The third-order valence-corrected chi connectivity index (χ3v) is 15.1. The van der Waals surface area contributed by atoms with Gasteiger partial charge in [0.2, 0.25) is 11.8 Å². The number of rotatable bonds is 30. The average Bonchev–Trinajstić information content (AvgIpc) is 3.25. The molecule has 0 fully saturated rings. The Morgan fingerprint density at radius 1 is 0.597 bits per heavy atom. The molecule has 0 aliphatic rings. The molecule has 2 atom stereocenters. The minimum Gasteiger partial charge on any atom is -0.469 e. The Balaban J connectivity index is 0. The van der Waals surface area contributed by atoms with E-state index in [-0.39, 0.29) is 60.8 Å². The van der Waals surface area contributed by atoms with Crippen LogP contribution in [-0.2, 0) is 74.3 Å². The van der Waals surface area contributed by atoms with Crippen molar-refractivity contribution >= 4 is 53.3 Å². The van der Waals surface area contributed by atoms with Crippen LogP contribution < -0.4 is 10.6 Å². The summed E-state index contributed by atoms with van der Waals surface area (Å²) in [6.45, 7) is 16.8. The van der Waals surface area contributed by atoms with Crippen molar-refractivity contribution in [2.75, 3.05) is 82.4 Å². The number of amides is 2. The van der Waals surface area contributed by atoms with E-state index in [2.05, 4.69) is 31.4 Å². The van der Waals surface area contributed by atoms with Gasteiger partial charge < -0.3 is 56.1 Å². The second-order valence-corrected chi connectivity index (χ2v) is 21.6. The molecule has 0 aromatic carbocycles. The van der Waals surface area contributed by atoms with Crippen molar-refractivity contribution in [3.05, 3.63) is 23.3 Å². The highest BCUT2D eigenvalue weighted by atomic mass is 28.4. The first-order valence-corrected chi connectivity index (χ1v) is 24.6. The minimum atomic E-state index is -3.03. The molecule has 2 N–H and O–H groups in total. The summed E-state index contributed by atoms with van der Waals surface area (Å²) < 4.78 is 51.8. The van der Waals surface area contributed by atoms with Crippen LogP contribution in [0.5, 0.6) is 0 Å². The fourth-order valence-electron chi connectivity index (χ4n) is 5.65. The molecule has 360 valence electrons. The van der Waals surface area contributed by atoms with Crippen LogP contribution in [0, 0.1) is 22.7 Å². The maximum atomic E-state index is 12.6. The van der Waals surface area contributed by atoms with E-state index in [1.807, 2.05) is 20.8 Å². The van der Waals surface area contributed by atoms with Gasteiger partial charge in [-0.1, -0.05) is 77.7 Å². The summed E-state index contributed by atoms with van der Waals surface area (Å²) in [5.74, 6) is -4.29. The van der Waals surface area contributed by atoms with E-state index < -0.39 is 53.3 Å². The Morgan fingerprint density at radius 2 is 1.06 bits per heavy atom. The van der Waals surface area contributed by atoms with Crippen LogP contribution in [0.2, 0.25) is 0 Å². The van der Waals surface area contributed by atoms with Crippen LogP contribution in [0.1, 0.15) is 107 Å². The van der Waals surface area contributed by atoms with Crippen LogP contribution in [0.4, 0.5) is 0 Å². The molecule has 0 rings (SSSR count). The van der Waals surface area contributed by atoms with Gasteiger partial charge in [-0.3, -0.25) is 28.8 Å². The number of ether oxygens (including phenoxy) is 4. The third-order valence-electron chi connectivity index (χ3n) is 10.3. The molecule has 0 aliphatic heterocycles. The second-order valence-electron chi connectivity index (χ2n) is 15.8. The van der Waals surface area contributed by atoms with Gasteiger partial charge in [-0.25, -0.2) is 0 Å². The fraction of sp³-hybridized carbons (Fsp3) is 0.762. The molecule has 0 bridgehead atoms. The van der Waals surface area contributed by atoms with E-state index in [4.69, 9.17) is 45.5 Å². The first-order valence-electron chi connectivity index (χ1n) is 20.7. The Morgan fingerprint density at radius 3 is 1.48 bits per heavy atom. The number of esters is 4. The smallest absolute Gasteiger partial charge is 0.469 e. The summed E-state index contributed by atoms with van der Waals surface area (Å²) >= 11 is 0. The highest BCUT2D eigenvalue weighted by Crippen LogP contribution is 2.35. The molecule has 62 heavy (non-hydrogen) atoms. The van der Waals surface area contributed by atoms with Gasteiger partial charge in [-0.05, 0) is 37.5 Å². The summed E-state index contributed by atoms with van der Waals surface area (Å²) in [7, 11) is 5.15. The standard InChI is InChI=1S/C22H38N2O6.C20H40O10Si2/c1-8-22(4,5)14-16(17(21(28)30-7)13-18(25)23-9-2)11-15(12-19(26)29-6)20(27)24-10-3;1-10-20(2,3)14-17(13-19(22)30-16-32(26-7,27-8)28-9)11-12-18(21)29-15-31(23-4,24-5)25-6/h11,15,17H,8-10,12-14H2,1-7H3,(H,23,25)(H,24,27);11H,10,12-16H2,1-9H3/b16-11+;17-11+. The number of carbonyl (C=O) groups is 6. The molecular formula is C42H78N2O16Si2. The average molecular weight is 923 g/mol. The van der Waals surface area contributed by atoms with Crippen LogP contribution in [0.3, 0.4) is 0 Å². The molecule has 2 amide bonds. The highest BCUT2D eigenvalue weighted by molar-refractivity contribution is 6.61. The van der Waals surface area contributed by atoms with Crippen molar-refractivity contribution in [3.8, 4) is 0 Å². The largest absolute Gasteiger partial charge is 0.539 e. The lowest BCUT2D eigenvalue weighted by atomic mass is 9.77. The van der Waals surface area contributed by atoms with Gasteiger partial charge in [0, 0.05) is 62.2 Å². The molecular weight excluding hydrogens is 845 g/mol. The Hall–Kier alpha value is -3.51. The zero-order valence-electron chi connectivity index (χ0n) is 40.3. The zero-order chi connectivity index (χ0) is 48.2. The number of hydrogen-bond donors (Lipinski definition) is 2. The van der Waals surface area contributed by atoms with Crippen molar-refractivity contribution < 1.29 is 74.3 Å². The van der Waals surface area contributed by atoms with E-state index in [9.17, 15) is 28.8 Å². The topological polar surface area (TPSA) is 219 Å². The van der Waals surface area contributed by atoms with Crippen molar-refractivity contribution in [1.82, 2.24) is 10.6 Å². The Kier molecular flexibility index (Phi) is 30.6. The van der Waals surface area contributed by atoms with E-state index in [1.165, 1.54) is 56.9 Å². The van der Waals surface area contributed by atoms with Crippen molar-refractivity contribution in [1.29, 1.82) is 0 Å². The van der Waals surface area contributed by atoms with Crippen LogP contribution in [-0.4, -0.2) is 136 Å². The van der Waals surface area contributed by atoms with Crippen molar-refractivity contribution in [3.63, 3.8) is 0 Å². The third kappa shape index (κ3) is 23.8. The van der Waals surface area contributed by atoms with Crippen LogP contribution in [0.15, 0.2) is 23.3 Å². The molecule has 0 aromatic heterocycles. The molecule has 18 nitrogen and oxygen atoms in total. The van der Waals surface area contributed by atoms with Gasteiger partial charge in [0.15, 0.2) is 12.5 Å². The number of nitrogens with one attached hydrogen (secondary N) is 2. The van der Waals surface area contributed by atoms with Gasteiger partial charge in [-0.2, -0.15) is 0 Å². The van der Waals surface area contributed by atoms with Gasteiger partial charge in [0.05, 0.1) is 45.3 Å². The normalized spacial score (nSPS) is 13.5. The summed E-state index contributed by atoms with van der Waals surface area (Å²) in [4.78, 5) is 74.1. The predicted octanol–water partition coefficient (Wildman–Crippen LogP) is 4.81. The first kappa shape index (κ1) is 60.6. The maximum Gasteiger partial charge on any atom is 0.539 e. The van der Waals surface area contributed by atoms with E-state index in [0.29, 0.717) is 31.5 Å². The van der Waals surface area contributed by atoms with Gasteiger partial charge in [0.25, 0.3) is 0 Å². The molecule has 0 radical (unpaired) electrons. The molecule has 0 aliphatic carbocycles. The van der Waals surface area contributed by atoms with Gasteiger partial charge in [0.1, 0.15) is 0 Å². The Labute approximate surface area is 372 Å². The van der Waals surface area contributed by atoms with E-state index >= 15 is 0 Å². The number of carbonyl (C=O) groups excluding carboxylic acids is 6. The number of hydrogen-bond acceptors (Lipinski definition) is 16. The molecule has 0 saturated heterocycles. The van der Waals surface area contributed by atoms with Crippen molar-refractivity contribution in [2.24, 2.45) is 22.7 Å². The first-order chi connectivity index (χ1) is 29.0. The Bertz CT molecular complexity index is 1430. The van der Waals surface area contributed by atoms with Gasteiger partial charge in [-0.15, -0.1) is 0 Å². The zero-order valence-corrected chi connectivity index (χ0v) is 42.3. The van der Waals surface area contributed by atoms with Crippen molar-refractivity contribution in [2.45, 2.75) is 107 Å². The summed E-state index contributed by atoms with van der Waals surface area (Å²) in [6, 6.07) is 0. The molecule has 20 heteroatoms. The summed E-state index contributed by atoms with van der Waals surface area (Å²) in [5, 5.41) is 5.41. The quantitative estimate of drug-likeness (QED) is 0.0428. The maximum absolute atomic E-state index is 12.6. The molecule has 0 spiro atoms. The second kappa shape index (κ2) is 31.4. The summed E-state index contributed by atoms with van der Waals surface area (Å²) in [5.41, 5.74) is 1.16. The highest BCUT2D eigenvalue weighted by Gasteiger charge is 2.41. The minimum absolute atomic E-state index is 0.00304. The molecule has 0 aromatic rings. The van der Waals surface area contributed by atoms with Crippen LogP contribution in [0.25, 0.3) is 0 Å². The number of methoxy groups -OCH3 is 2. The lowest BCUT2D eigenvalue weighted by molar-refractivity contribution is -0.146. The van der Waals surface area contributed by atoms with Crippen LogP contribution >= 0.6 is 0 Å². The van der Waals surface area contributed by atoms with E-state index in [1.54, 1.807) is 26.0 Å². The molecule has 0 saturated carbocycles. The monoisotopic (exact) mass is 922 g/mol. The van der Waals surface area contributed by atoms with Gasteiger partial charge >= 0.3 is 41.5 Å². The SMILES string of the molecule is CCC(C)(C)C/C(=C/CC(=O)OC[Si](OC)(OC)OC)CC(=O)OC[Si](OC)(OC)OC.CCNC(=O)CC(C(=O)OC)/C(=C/C(CC(=O)OC)C(=O)NCC)CC(C)(C)CC. The molecule has 0 heterocycles. The lowest BCUT2D eigenvalue weighted by Gasteiger charge is -2.29. The fourth-order valence-corrected chi connectivity index (χ4v) is 8.04. The summed E-state index contributed by atoms with van der Waals surface area (Å²) in [6.07, 6.45) is 5.76. The molecule has 2 unspecified atom stereocenters. The lowest BCUT2D eigenvalue weighted by Crippen LogP contribution is -2.48.